The zero-order valence-corrected chi connectivity index (χ0v) is 32.8. The molecule has 3 saturated carbocycles. The molecule has 5 aliphatic rings. The van der Waals surface area contributed by atoms with Crippen LogP contribution >= 0.6 is 0 Å². The third kappa shape index (κ3) is 11.1. The van der Waals surface area contributed by atoms with E-state index in [2.05, 4.69) is 37.9 Å². The monoisotopic (exact) mass is 712 g/mol. The number of hydrogen-bond donors (Lipinski definition) is 4. The number of carbonyl (C=O) groups is 2. The number of ether oxygens (including phenoxy) is 1. The average Bonchev–Trinajstić information content (AvgIpc) is 3.28. The van der Waals surface area contributed by atoms with Crippen molar-refractivity contribution in [3.63, 3.8) is 0 Å². The number of quaternary nitrogens is 1. The van der Waals surface area contributed by atoms with E-state index in [4.69, 9.17) is 10.5 Å². The van der Waals surface area contributed by atoms with Crippen molar-refractivity contribution >= 4 is 11.6 Å². The van der Waals surface area contributed by atoms with E-state index in [0.717, 1.165) is 64.3 Å². The van der Waals surface area contributed by atoms with Crippen LogP contribution in [0.2, 0.25) is 0 Å². The first-order valence-corrected chi connectivity index (χ1v) is 21.6. The zero-order chi connectivity index (χ0) is 36.5. The summed E-state index contributed by atoms with van der Waals surface area (Å²) >= 11 is 0. The fourth-order valence-electron chi connectivity index (χ4n) is 11.8. The lowest BCUT2D eigenvalue weighted by atomic mass is 9.60. The highest BCUT2D eigenvalue weighted by atomic mass is 16.5. The van der Waals surface area contributed by atoms with Gasteiger partial charge < -0.3 is 20.3 Å². The van der Waals surface area contributed by atoms with E-state index in [1.807, 2.05) is 0 Å². The number of aliphatic hydroxyl groups is 2. The van der Waals surface area contributed by atoms with Gasteiger partial charge in [0.2, 0.25) is 0 Å². The molecule has 1 aliphatic heterocycles. The summed E-state index contributed by atoms with van der Waals surface area (Å²) in [4.78, 5) is 28.0. The van der Waals surface area contributed by atoms with Gasteiger partial charge in [0.15, 0.2) is 0 Å². The van der Waals surface area contributed by atoms with E-state index in [1.165, 1.54) is 44.9 Å². The molecule has 51 heavy (non-hydrogen) atoms. The van der Waals surface area contributed by atoms with Crippen LogP contribution in [0.15, 0.2) is 0 Å². The summed E-state index contributed by atoms with van der Waals surface area (Å²) in [6.45, 7) is 8.08. The normalized spacial score (nSPS) is 40.5. The summed E-state index contributed by atoms with van der Waals surface area (Å²) in [5, 5.41) is 24.3. The highest BCUT2D eigenvalue weighted by Crippen LogP contribution is 2.49. The van der Waals surface area contributed by atoms with Crippen molar-refractivity contribution in [2.75, 3.05) is 20.3 Å². The Balaban J connectivity index is 1.56. The van der Waals surface area contributed by atoms with Crippen LogP contribution in [0.5, 0.6) is 0 Å². The summed E-state index contributed by atoms with van der Waals surface area (Å²) in [7, 11) is 1.70. The number of hydrogen-bond acceptors (Lipinski definition) is 6. The SMILES string of the molecule is CCC[C@H](CO)[C@@H]1C[C@H](CC2CC[NH2+]C(N)C2)C[C@@H]2C#C[C@H](C3CCCCC3CCC(C)C)C3CC(O)C(OC)CC3CCC(=O)CC(=O)[C@@H]2C1. The van der Waals surface area contributed by atoms with Gasteiger partial charge in [-0.15, -0.1) is 0 Å². The van der Waals surface area contributed by atoms with Crippen LogP contribution in [0, 0.1) is 82.9 Å². The Kier molecular flexibility index (Phi) is 15.9. The Bertz CT molecular complexity index is 1160. The standard InChI is InChI=1S/C44H74N2O5/c1-5-8-34(27-47)35-21-30(19-29-17-18-46-44(45)22-29)20-32-14-16-38(37-10-7-6-9-31(37)12-11-28(2)3)39-26-42(50)43(51-4)24-33(39)13-15-36(48)25-41(49)40(32)23-35/h28-35,37-40,42-44,46-47,50H,5-13,15,17-27,45H2,1-4H3/p+1/t29?,30-,31?,32+,33?,34-,35-,37?,38-,39?,40-,42?,43?,44?/m1/s1. The minimum absolute atomic E-state index is 0.00215. The second-order valence-electron chi connectivity index (χ2n) is 18.5. The maximum absolute atomic E-state index is 14.4. The number of aliphatic hydroxyl groups excluding tert-OH is 2. The van der Waals surface area contributed by atoms with Crippen molar-refractivity contribution in [3.8, 4) is 11.8 Å². The predicted octanol–water partition coefficient (Wildman–Crippen LogP) is 6.28. The van der Waals surface area contributed by atoms with E-state index in [9.17, 15) is 19.8 Å². The molecule has 0 bridgehead atoms. The first-order valence-electron chi connectivity index (χ1n) is 21.6. The Morgan fingerprint density at radius 1 is 0.941 bits per heavy atom. The average molecular weight is 712 g/mol. The molecule has 0 spiro atoms. The van der Waals surface area contributed by atoms with E-state index in [-0.39, 0.29) is 78.3 Å². The van der Waals surface area contributed by atoms with E-state index >= 15 is 0 Å². The van der Waals surface area contributed by atoms with Crippen LogP contribution < -0.4 is 11.1 Å². The van der Waals surface area contributed by atoms with Crippen LogP contribution in [-0.2, 0) is 14.3 Å². The van der Waals surface area contributed by atoms with Gasteiger partial charge in [-0.2, -0.15) is 0 Å². The lowest BCUT2D eigenvalue weighted by Crippen LogP contribution is -2.94. The van der Waals surface area contributed by atoms with Gasteiger partial charge in [-0.05, 0) is 124 Å². The predicted molar refractivity (Wildman–Crippen MR) is 203 cm³/mol. The quantitative estimate of drug-likeness (QED) is 0.148. The number of carbonyl (C=O) groups excluding carboxylic acids is 2. The van der Waals surface area contributed by atoms with Crippen LogP contribution in [0.4, 0.5) is 0 Å². The van der Waals surface area contributed by atoms with Crippen molar-refractivity contribution in [1.29, 1.82) is 0 Å². The van der Waals surface area contributed by atoms with Gasteiger partial charge in [0.25, 0.3) is 0 Å². The lowest BCUT2D eigenvalue weighted by molar-refractivity contribution is -0.699. The van der Waals surface area contributed by atoms with Gasteiger partial charge in [-0.1, -0.05) is 64.7 Å². The van der Waals surface area contributed by atoms with Gasteiger partial charge in [0.1, 0.15) is 17.7 Å². The number of nitrogens with two attached hydrogens (primary N) is 2. The van der Waals surface area contributed by atoms with Crippen LogP contribution in [-0.4, -0.2) is 60.4 Å². The van der Waals surface area contributed by atoms with Gasteiger partial charge in [-0.25, -0.2) is 0 Å². The molecule has 4 aliphatic carbocycles. The molecule has 7 heteroatoms. The van der Waals surface area contributed by atoms with Crippen molar-refractivity contribution in [3.05, 3.63) is 0 Å². The molecular formula is C44H75N2O5+. The Hall–Kier alpha value is -1.30. The molecule has 1 heterocycles. The second-order valence-corrected chi connectivity index (χ2v) is 18.5. The molecule has 0 amide bonds. The molecule has 0 radical (unpaired) electrons. The van der Waals surface area contributed by atoms with Crippen molar-refractivity contribution in [2.45, 2.75) is 161 Å². The second kappa shape index (κ2) is 19.9. The fraction of sp³-hybridized carbons (Fsp3) is 0.909. The lowest BCUT2D eigenvalue weighted by Gasteiger charge is -2.46. The molecule has 0 aromatic heterocycles. The fourth-order valence-corrected chi connectivity index (χ4v) is 11.8. The summed E-state index contributed by atoms with van der Waals surface area (Å²) < 4.78 is 5.80. The topological polar surface area (TPSA) is 126 Å². The van der Waals surface area contributed by atoms with E-state index < -0.39 is 6.10 Å². The first kappa shape index (κ1) is 40.9. The largest absolute Gasteiger partial charge is 0.396 e. The molecule has 5 rings (SSSR count). The van der Waals surface area contributed by atoms with Gasteiger partial charge >= 0.3 is 0 Å². The number of Topliss-reactive ketones (excluding diaryl/α,β-unsaturated/α-hetero) is 2. The molecule has 290 valence electrons. The van der Waals surface area contributed by atoms with Crippen molar-refractivity contribution in [1.82, 2.24) is 0 Å². The van der Waals surface area contributed by atoms with Crippen LogP contribution in [0.25, 0.3) is 0 Å². The number of fused-ring (bicyclic) bond motifs is 2. The Labute approximate surface area is 310 Å². The summed E-state index contributed by atoms with van der Waals surface area (Å²) in [6, 6.07) is 0. The smallest absolute Gasteiger partial charge is 0.144 e. The van der Waals surface area contributed by atoms with Crippen molar-refractivity contribution in [2.24, 2.45) is 76.7 Å². The molecule has 7 nitrogen and oxygen atoms in total. The molecule has 0 aromatic rings. The number of piperidine rings is 1. The molecule has 4 fully saturated rings. The van der Waals surface area contributed by atoms with Crippen LogP contribution in [0.1, 0.15) is 143 Å². The Morgan fingerprint density at radius 3 is 2.47 bits per heavy atom. The summed E-state index contributed by atoms with van der Waals surface area (Å²) in [5.41, 5.74) is 6.44. The molecule has 14 atom stereocenters. The van der Waals surface area contributed by atoms with E-state index in [0.29, 0.717) is 42.4 Å². The molecule has 0 aromatic carbocycles. The Morgan fingerprint density at radius 2 is 1.75 bits per heavy atom. The first-order chi connectivity index (χ1) is 24.6. The van der Waals surface area contributed by atoms with Crippen molar-refractivity contribution < 1.29 is 29.9 Å². The minimum Gasteiger partial charge on any atom is -0.396 e. The summed E-state index contributed by atoms with van der Waals surface area (Å²) in [6.07, 6.45) is 17.4. The minimum atomic E-state index is -0.521. The van der Waals surface area contributed by atoms with Gasteiger partial charge in [-0.3, -0.25) is 15.3 Å². The number of ketones is 2. The molecular weight excluding hydrogens is 636 g/mol. The maximum atomic E-state index is 14.4. The highest BCUT2D eigenvalue weighted by Gasteiger charge is 2.45. The van der Waals surface area contributed by atoms with Gasteiger partial charge in [0.05, 0.1) is 25.2 Å². The molecule has 1 saturated heterocycles. The third-order valence-corrected chi connectivity index (χ3v) is 14.5. The van der Waals surface area contributed by atoms with Gasteiger partial charge in [0, 0.05) is 44.3 Å². The van der Waals surface area contributed by atoms with Crippen LogP contribution in [0.3, 0.4) is 0 Å². The summed E-state index contributed by atoms with van der Waals surface area (Å²) in [5.74, 6) is 11.6. The molecule has 8 unspecified atom stereocenters. The number of rotatable bonds is 11. The highest BCUT2D eigenvalue weighted by molar-refractivity contribution is 6.00. The number of methoxy groups -OCH3 is 1. The maximum Gasteiger partial charge on any atom is 0.144 e. The molecule has 6 N–H and O–H groups in total. The van der Waals surface area contributed by atoms with E-state index in [1.54, 1.807) is 7.11 Å². The third-order valence-electron chi connectivity index (χ3n) is 14.5. The zero-order valence-electron chi connectivity index (χ0n) is 32.8.